The van der Waals surface area contributed by atoms with Crippen LogP contribution in [0.3, 0.4) is 0 Å². The lowest BCUT2D eigenvalue weighted by Crippen LogP contribution is -2.25. The van der Waals surface area contributed by atoms with Crippen molar-refractivity contribution in [2.45, 2.75) is 25.5 Å². The Morgan fingerprint density at radius 1 is 1.14 bits per heavy atom. The van der Waals surface area contributed by atoms with Crippen molar-refractivity contribution in [3.8, 4) is 11.3 Å². The van der Waals surface area contributed by atoms with Crippen molar-refractivity contribution in [2.75, 3.05) is 12.3 Å². The smallest absolute Gasteiger partial charge is 0.220 e. The molecule has 0 aliphatic carbocycles. The lowest BCUT2D eigenvalue weighted by atomic mass is 10.1. The summed E-state index contributed by atoms with van der Waals surface area (Å²) in [5.74, 6) is 0.465. The maximum atomic E-state index is 13.8. The molecule has 0 aliphatic rings. The van der Waals surface area contributed by atoms with E-state index >= 15 is 0 Å². The number of thioether (sulfide) groups is 1. The molecule has 0 aliphatic heterocycles. The molecule has 152 valence electrons. The molecule has 3 rings (SSSR count). The molecule has 0 radical (unpaired) electrons. The van der Waals surface area contributed by atoms with E-state index in [2.05, 4.69) is 41.5 Å². The van der Waals surface area contributed by atoms with Gasteiger partial charge in [0.15, 0.2) is 11.7 Å². The summed E-state index contributed by atoms with van der Waals surface area (Å²) in [7, 11) is 0. The van der Waals surface area contributed by atoms with Crippen molar-refractivity contribution in [1.29, 1.82) is 0 Å². The number of carbonyl (C=O) groups excluding carboxylic acids is 1. The first-order valence-corrected chi connectivity index (χ1v) is 10.5. The topological polar surface area (TPSA) is 55.1 Å². The zero-order valence-electron chi connectivity index (χ0n) is 16.1. The lowest BCUT2D eigenvalue weighted by Gasteiger charge is -2.05. The Balaban J connectivity index is 1.38. The van der Waals surface area contributed by atoms with Gasteiger partial charge in [0.25, 0.3) is 0 Å². The van der Waals surface area contributed by atoms with E-state index in [1.54, 1.807) is 11.8 Å². The van der Waals surface area contributed by atoms with Gasteiger partial charge in [-0.15, -0.1) is 0 Å². The number of aromatic nitrogens is 1. The predicted octanol–water partition coefficient (Wildman–Crippen LogP) is 4.91. The maximum absolute atomic E-state index is 13.8. The number of nitrogens with one attached hydrogen (secondary N) is 1. The molecule has 2 aromatic carbocycles. The van der Waals surface area contributed by atoms with Crippen molar-refractivity contribution >= 4 is 17.7 Å². The normalized spacial score (nSPS) is 10.9. The van der Waals surface area contributed by atoms with Crippen LogP contribution in [-0.4, -0.2) is 23.2 Å². The minimum Gasteiger partial charge on any atom is -0.441 e. The lowest BCUT2D eigenvalue weighted by molar-refractivity contribution is -0.121. The highest BCUT2D eigenvalue weighted by atomic mass is 32.2. The summed E-state index contributed by atoms with van der Waals surface area (Å²) in [6, 6.07) is 12.0. The molecule has 0 unspecified atom stereocenters. The van der Waals surface area contributed by atoms with Crippen LogP contribution < -0.4 is 5.32 Å². The zero-order valence-corrected chi connectivity index (χ0v) is 16.9. The van der Waals surface area contributed by atoms with Gasteiger partial charge in [0.05, 0.1) is 11.8 Å². The van der Waals surface area contributed by atoms with E-state index < -0.39 is 11.6 Å². The minimum absolute atomic E-state index is 0.0171. The van der Waals surface area contributed by atoms with Crippen LogP contribution in [0, 0.1) is 18.6 Å². The minimum atomic E-state index is -0.714. The van der Waals surface area contributed by atoms with Gasteiger partial charge in [0.1, 0.15) is 11.6 Å². The molecule has 3 aromatic rings. The number of hydrogen-bond acceptors (Lipinski definition) is 4. The maximum Gasteiger partial charge on any atom is 0.220 e. The SMILES string of the molecule is Cc1ccc(CSCCNC(=O)CCc2ncc(-c3c(F)cccc3F)o2)cc1. The molecule has 1 heterocycles. The molecule has 0 bridgehead atoms. The van der Waals surface area contributed by atoms with Crippen LogP contribution in [0.15, 0.2) is 53.1 Å². The summed E-state index contributed by atoms with van der Waals surface area (Å²) in [5.41, 5.74) is 2.25. The monoisotopic (exact) mass is 416 g/mol. The molecule has 0 saturated carbocycles. The van der Waals surface area contributed by atoms with Crippen molar-refractivity contribution in [3.63, 3.8) is 0 Å². The number of hydrogen-bond donors (Lipinski definition) is 1. The summed E-state index contributed by atoms with van der Waals surface area (Å²) in [6.07, 6.45) is 1.73. The van der Waals surface area contributed by atoms with E-state index in [9.17, 15) is 13.6 Å². The number of rotatable bonds is 9. The van der Waals surface area contributed by atoms with Gasteiger partial charge in [0.2, 0.25) is 5.91 Å². The third-order valence-corrected chi connectivity index (χ3v) is 5.32. The summed E-state index contributed by atoms with van der Waals surface area (Å²) in [4.78, 5) is 16.0. The van der Waals surface area contributed by atoms with Crippen molar-refractivity contribution in [2.24, 2.45) is 0 Å². The van der Waals surface area contributed by atoms with Crippen molar-refractivity contribution in [1.82, 2.24) is 10.3 Å². The fourth-order valence-corrected chi connectivity index (χ4v) is 3.54. The Morgan fingerprint density at radius 3 is 2.59 bits per heavy atom. The van der Waals surface area contributed by atoms with Crippen LogP contribution in [0.25, 0.3) is 11.3 Å². The predicted molar refractivity (Wildman–Crippen MR) is 111 cm³/mol. The van der Waals surface area contributed by atoms with Crippen molar-refractivity contribution in [3.05, 3.63) is 77.3 Å². The second-order valence-electron chi connectivity index (χ2n) is 6.60. The first kappa shape index (κ1) is 21.0. The van der Waals surface area contributed by atoms with Crippen molar-refractivity contribution < 1.29 is 18.0 Å². The van der Waals surface area contributed by atoms with Gasteiger partial charge in [0, 0.05) is 30.9 Å². The first-order chi connectivity index (χ1) is 14.0. The van der Waals surface area contributed by atoms with Gasteiger partial charge in [-0.05, 0) is 24.6 Å². The van der Waals surface area contributed by atoms with E-state index in [4.69, 9.17) is 4.42 Å². The Labute approximate surface area is 172 Å². The first-order valence-electron chi connectivity index (χ1n) is 9.32. The van der Waals surface area contributed by atoms with Crippen LogP contribution in [0.4, 0.5) is 8.78 Å². The Morgan fingerprint density at radius 2 is 1.86 bits per heavy atom. The summed E-state index contributed by atoms with van der Waals surface area (Å²) in [5, 5.41) is 2.86. The molecular formula is C22H22F2N2O2S. The molecule has 0 saturated heterocycles. The van der Waals surface area contributed by atoms with E-state index in [0.29, 0.717) is 6.54 Å². The van der Waals surface area contributed by atoms with Gasteiger partial charge in [-0.1, -0.05) is 35.9 Å². The third kappa shape index (κ3) is 6.15. The van der Waals surface area contributed by atoms with E-state index in [1.165, 1.54) is 23.4 Å². The zero-order chi connectivity index (χ0) is 20.6. The van der Waals surface area contributed by atoms with Crippen LogP contribution in [0.5, 0.6) is 0 Å². The molecule has 1 aromatic heterocycles. The molecule has 0 spiro atoms. The van der Waals surface area contributed by atoms with Gasteiger partial charge in [-0.25, -0.2) is 13.8 Å². The number of carbonyl (C=O) groups is 1. The second-order valence-corrected chi connectivity index (χ2v) is 7.71. The summed E-state index contributed by atoms with van der Waals surface area (Å²) < 4.78 is 33.0. The molecule has 4 nitrogen and oxygen atoms in total. The van der Waals surface area contributed by atoms with Crippen LogP contribution in [0.2, 0.25) is 0 Å². The van der Waals surface area contributed by atoms with E-state index in [1.807, 2.05) is 0 Å². The highest BCUT2D eigenvalue weighted by Gasteiger charge is 2.16. The molecule has 29 heavy (non-hydrogen) atoms. The molecule has 1 amide bonds. The number of oxazole rings is 1. The number of aryl methyl sites for hydroxylation is 2. The highest BCUT2D eigenvalue weighted by Crippen LogP contribution is 2.26. The van der Waals surface area contributed by atoms with Crippen LogP contribution >= 0.6 is 11.8 Å². The summed E-state index contributed by atoms with van der Waals surface area (Å²) in [6.45, 7) is 2.64. The quantitative estimate of drug-likeness (QED) is 0.504. The highest BCUT2D eigenvalue weighted by molar-refractivity contribution is 7.98. The second kappa shape index (κ2) is 10.2. The standard InChI is InChI=1S/C22H22F2N2O2S/c1-15-5-7-16(8-6-15)14-29-12-11-25-20(27)9-10-21-26-13-19(28-21)22-17(23)3-2-4-18(22)24/h2-8,13H,9-12,14H2,1H3,(H,25,27). The Hall–Kier alpha value is -2.67. The van der Waals surface area contributed by atoms with Crippen LogP contribution in [-0.2, 0) is 17.0 Å². The van der Waals surface area contributed by atoms with Gasteiger partial charge in [-0.3, -0.25) is 4.79 Å². The number of benzene rings is 2. The molecular weight excluding hydrogens is 394 g/mol. The van der Waals surface area contributed by atoms with Gasteiger partial charge in [-0.2, -0.15) is 11.8 Å². The van der Waals surface area contributed by atoms with E-state index in [-0.39, 0.29) is 36.0 Å². The molecule has 7 heteroatoms. The Kier molecular flexibility index (Phi) is 7.41. The molecule has 0 fully saturated rings. The number of nitrogens with zero attached hydrogens (tertiary/aromatic N) is 1. The number of amides is 1. The van der Waals surface area contributed by atoms with Crippen LogP contribution in [0.1, 0.15) is 23.4 Å². The molecule has 0 atom stereocenters. The Bertz CT molecular complexity index is 937. The largest absolute Gasteiger partial charge is 0.441 e. The average molecular weight is 416 g/mol. The number of halogens is 2. The summed E-state index contributed by atoms with van der Waals surface area (Å²) >= 11 is 1.76. The van der Waals surface area contributed by atoms with Gasteiger partial charge < -0.3 is 9.73 Å². The molecule has 1 N–H and O–H groups in total. The van der Waals surface area contributed by atoms with E-state index in [0.717, 1.165) is 23.6 Å². The van der Waals surface area contributed by atoms with Gasteiger partial charge >= 0.3 is 0 Å². The third-order valence-electron chi connectivity index (χ3n) is 4.29. The fourth-order valence-electron chi connectivity index (χ4n) is 2.72. The fraction of sp³-hybridized carbons (Fsp3) is 0.273. The average Bonchev–Trinajstić information content (AvgIpc) is 3.16.